The van der Waals surface area contributed by atoms with Crippen LogP contribution in [0.25, 0.3) is 5.57 Å². The average molecular weight is 383 g/mol. The minimum Gasteiger partial charge on any atom is -0.0801 e. The third kappa shape index (κ3) is 2.87. The Morgan fingerprint density at radius 3 is 1.86 bits per heavy atom. The van der Waals surface area contributed by atoms with Gasteiger partial charge >= 0.3 is 0 Å². The van der Waals surface area contributed by atoms with Crippen molar-refractivity contribution in [3.8, 4) is 0 Å². The van der Waals surface area contributed by atoms with Crippen LogP contribution in [0, 0.1) is 17.8 Å². The second-order valence-corrected chi connectivity index (χ2v) is 11.5. The highest BCUT2D eigenvalue weighted by atomic mass is 14.7. The van der Waals surface area contributed by atoms with Crippen molar-refractivity contribution < 1.29 is 0 Å². The van der Waals surface area contributed by atoms with E-state index in [4.69, 9.17) is 0 Å². The molecule has 3 aliphatic rings. The first-order chi connectivity index (χ1) is 13.6. The fourth-order valence-corrected chi connectivity index (χ4v) is 5.75. The molecule has 5 rings (SSSR count). The Kier molecular flexibility index (Phi) is 3.90. The molecule has 0 aliphatic heterocycles. The lowest BCUT2D eigenvalue weighted by molar-refractivity contribution is 0.558. The normalized spacial score (nSPS) is 30.1. The smallest absolute Gasteiger partial charge is 0.0233 e. The molecular formula is C29H34. The Morgan fingerprint density at radius 2 is 1.31 bits per heavy atom. The van der Waals surface area contributed by atoms with Crippen LogP contribution in [0.3, 0.4) is 0 Å². The van der Waals surface area contributed by atoms with Gasteiger partial charge in [-0.1, -0.05) is 108 Å². The van der Waals surface area contributed by atoms with Crippen molar-refractivity contribution in [1.29, 1.82) is 0 Å². The first-order valence-electron chi connectivity index (χ1n) is 11.2. The van der Waals surface area contributed by atoms with Gasteiger partial charge in [0.25, 0.3) is 0 Å². The van der Waals surface area contributed by atoms with Crippen LogP contribution in [0.5, 0.6) is 0 Å². The Morgan fingerprint density at radius 1 is 0.759 bits per heavy atom. The molecule has 2 aromatic carbocycles. The summed E-state index contributed by atoms with van der Waals surface area (Å²) >= 11 is 0. The molecule has 0 saturated heterocycles. The summed E-state index contributed by atoms with van der Waals surface area (Å²) in [6, 6.07) is 18.8. The van der Waals surface area contributed by atoms with Crippen molar-refractivity contribution in [2.24, 2.45) is 17.8 Å². The minimum atomic E-state index is 0.211. The molecule has 1 fully saturated rings. The third-order valence-electron chi connectivity index (χ3n) is 7.70. The average Bonchev–Trinajstić information content (AvgIpc) is 3.38. The van der Waals surface area contributed by atoms with Crippen molar-refractivity contribution in [2.75, 3.05) is 0 Å². The molecule has 0 aromatic heterocycles. The summed E-state index contributed by atoms with van der Waals surface area (Å²) in [6.07, 6.45) is 8.97. The van der Waals surface area contributed by atoms with Crippen LogP contribution in [0.15, 0.2) is 66.8 Å². The monoisotopic (exact) mass is 382 g/mol. The number of benzene rings is 2. The van der Waals surface area contributed by atoms with Gasteiger partial charge in [0.15, 0.2) is 0 Å². The van der Waals surface area contributed by atoms with E-state index in [1.165, 1.54) is 28.7 Å². The number of rotatable bonds is 2. The largest absolute Gasteiger partial charge is 0.0801 e. The predicted molar refractivity (Wildman–Crippen MR) is 124 cm³/mol. The highest BCUT2D eigenvalue weighted by Crippen LogP contribution is 2.70. The zero-order valence-corrected chi connectivity index (χ0v) is 18.8. The number of allylic oxidation sites excluding steroid dienone is 4. The maximum atomic E-state index is 2.61. The van der Waals surface area contributed by atoms with Crippen molar-refractivity contribution in [2.45, 2.75) is 64.2 Å². The van der Waals surface area contributed by atoms with Crippen molar-refractivity contribution in [3.05, 3.63) is 89.0 Å². The first-order valence-corrected chi connectivity index (χ1v) is 11.2. The van der Waals surface area contributed by atoms with E-state index in [-0.39, 0.29) is 16.2 Å². The molecule has 150 valence electrons. The summed E-state index contributed by atoms with van der Waals surface area (Å²) in [4.78, 5) is 0. The molecule has 0 unspecified atom stereocenters. The molecule has 29 heavy (non-hydrogen) atoms. The minimum absolute atomic E-state index is 0.211. The summed E-state index contributed by atoms with van der Waals surface area (Å²) in [7, 11) is 0. The van der Waals surface area contributed by atoms with E-state index in [1.807, 2.05) is 0 Å². The van der Waals surface area contributed by atoms with Gasteiger partial charge in [0, 0.05) is 11.3 Å². The summed E-state index contributed by atoms with van der Waals surface area (Å²) in [5.41, 5.74) is 7.99. The second kappa shape index (κ2) is 5.97. The van der Waals surface area contributed by atoms with E-state index in [0.29, 0.717) is 11.8 Å². The van der Waals surface area contributed by atoms with Gasteiger partial charge in [-0.2, -0.15) is 0 Å². The Hall–Kier alpha value is -2.08. The number of hydrogen-bond acceptors (Lipinski definition) is 0. The van der Waals surface area contributed by atoms with Gasteiger partial charge < -0.3 is 0 Å². The molecule has 2 aromatic rings. The van der Waals surface area contributed by atoms with E-state index >= 15 is 0 Å². The topological polar surface area (TPSA) is 0 Å². The fourth-order valence-electron chi connectivity index (χ4n) is 5.75. The molecule has 3 aliphatic carbocycles. The number of fused-ring (bicyclic) bond motifs is 2. The first kappa shape index (κ1) is 18.9. The highest BCUT2D eigenvalue weighted by Gasteiger charge is 2.66. The van der Waals surface area contributed by atoms with Crippen LogP contribution in [0.4, 0.5) is 0 Å². The Labute approximate surface area is 176 Å². The maximum absolute atomic E-state index is 2.61. The quantitative estimate of drug-likeness (QED) is 0.473. The predicted octanol–water partition coefficient (Wildman–Crippen LogP) is 7.44. The fraction of sp³-hybridized carbons (Fsp3) is 0.448. The van der Waals surface area contributed by atoms with E-state index in [2.05, 4.69) is 108 Å². The van der Waals surface area contributed by atoms with Crippen LogP contribution in [0.2, 0.25) is 0 Å². The molecule has 0 amide bonds. The summed E-state index contributed by atoms with van der Waals surface area (Å²) in [5.74, 6) is 2.03. The van der Waals surface area contributed by atoms with Crippen LogP contribution < -0.4 is 0 Å². The number of hydrogen-bond donors (Lipinski definition) is 0. The zero-order valence-electron chi connectivity index (χ0n) is 18.8. The molecule has 4 atom stereocenters. The van der Waals surface area contributed by atoms with Gasteiger partial charge in [0.05, 0.1) is 0 Å². The molecule has 0 N–H and O–H groups in total. The van der Waals surface area contributed by atoms with E-state index < -0.39 is 0 Å². The van der Waals surface area contributed by atoms with E-state index in [9.17, 15) is 0 Å². The van der Waals surface area contributed by atoms with Crippen LogP contribution >= 0.6 is 0 Å². The molecule has 1 saturated carbocycles. The van der Waals surface area contributed by atoms with E-state index in [0.717, 1.165) is 5.92 Å². The summed E-state index contributed by atoms with van der Waals surface area (Å²) < 4.78 is 0. The lowest BCUT2D eigenvalue weighted by atomic mass is 9.78. The van der Waals surface area contributed by atoms with Crippen molar-refractivity contribution in [1.82, 2.24) is 0 Å². The van der Waals surface area contributed by atoms with Crippen LogP contribution in [0.1, 0.15) is 70.2 Å². The van der Waals surface area contributed by atoms with Gasteiger partial charge in [0.2, 0.25) is 0 Å². The Balaban J connectivity index is 1.46. The van der Waals surface area contributed by atoms with Crippen molar-refractivity contribution >= 4 is 5.57 Å². The highest BCUT2D eigenvalue weighted by molar-refractivity contribution is 5.74. The van der Waals surface area contributed by atoms with Gasteiger partial charge in [-0.05, 0) is 56.9 Å². The molecule has 0 radical (unpaired) electrons. The summed E-state index contributed by atoms with van der Waals surface area (Å²) in [6.45, 7) is 13.7. The lowest BCUT2D eigenvalue weighted by Gasteiger charge is -2.26. The molecule has 0 nitrogen and oxygen atoms in total. The zero-order chi connectivity index (χ0) is 20.6. The van der Waals surface area contributed by atoms with Crippen molar-refractivity contribution in [3.63, 3.8) is 0 Å². The molecule has 0 heteroatoms. The van der Waals surface area contributed by atoms with E-state index in [1.54, 1.807) is 5.57 Å². The van der Waals surface area contributed by atoms with Gasteiger partial charge in [0.1, 0.15) is 0 Å². The van der Waals surface area contributed by atoms with Gasteiger partial charge in [-0.15, -0.1) is 0 Å². The standard InChI is InChI=1S/C29H34/c1-27(2,3)21-9-7-19(8-10-21)24-18-26-25-17-20(24)15-16-29(25,26)23-13-11-22(12-14-23)28(4,5)6/h7-16,18,20,25-26H,17H2,1-6H3/t20-,25+,26-,29-/m1/s1. The van der Waals surface area contributed by atoms with Gasteiger partial charge in [-0.3, -0.25) is 0 Å². The Bertz CT molecular complexity index is 986. The maximum Gasteiger partial charge on any atom is 0.0233 e. The molecule has 0 spiro atoms. The molecular weight excluding hydrogens is 348 g/mol. The van der Waals surface area contributed by atoms with Crippen LogP contribution in [-0.4, -0.2) is 0 Å². The van der Waals surface area contributed by atoms with Crippen LogP contribution in [-0.2, 0) is 16.2 Å². The molecule has 2 bridgehead atoms. The second-order valence-electron chi connectivity index (χ2n) is 11.5. The van der Waals surface area contributed by atoms with Gasteiger partial charge in [-0.25, -0.2) is 0 Å². The third-order valence-corrected chi connectivity index (χ3v) is 7.70. The lowest BCUT2D eigenvalue weighted by Crippen LogP contribution is -2.16. The summed E-state index contributed by atoms with van der Waals surface area (Å²) in [5, 5.41) is 0. The molecule has 0 heterocycles. The SMILES string of the molecule is CC(C)(C)c1ccc(C2=C[C@@H]3[C@@H]4C[C@H]2C=C[C@]34c2ccc(C(C)(C)C)cc2)cc1.